The fourth-order valence-corrected chi connectivity index (χ4v) is 4.15. The molecule has 2 aliphatic carbocycles. The van der Waals surface area contributed by atoms with Crippen molar-refractivity contribution < 1.29 is 19.4 Å². The van der Waals surface area contributed by atoms with Gasteiger partial charge in [-0.2, -0.15) is 0 Å². The molecule has 2 saturated carbocycles. The molecule has 2 atom stereocenters. The lowest BCUT2D eigenvalue weighted by atomic mass is 10.1. The first kappa shape index (κ1) is 20.9. The molecule has 1 aromatic heterocycles. The molecule has 0 radical (unpaired) electrons. The number of nitrogens with zero attached hydrogens (tertiary/aromatic N) is 2. The maximum Gasteiger partial charge on any atom is 0.307 e. The van der Waals surface area contributed by atoms with Crippen molar-refractivity contribution in [2.24, 2.45) is 17.8 Å². The molecule has 1 heterocycles. The number of carboxylic acids is 1. The topological polar surface area (TPSA) is 79.7 Å². The third-order valence-electron chi connectivity index (χ3n) is 5.69. The average molecular weight is 449 g/mol. The van der Waals surface area contributed by atoms with Crippen molar-refractivity contribution in [3.05, 3.63) is 51.8 Å². The van der Waals surface area contributed by atoms with Crippen LogP contribution in [-0.2, 0) is 11.3 Å². The first-order chi connectivity index (χ1) is 14.4. The van der Waals surface area contributed by atoms with Gasteiger partial charge in [0.05, 0.1) is 24.9 Å². The smallest absolute Gasteiger partial charge is 0.307 e. The lowest BCUT2D eigenvalue weighted by Crippen LogP contribution is -2.26. The maximum atomic E-state index is 12.7. The second kappa shape index (κ2) is 8.44. The number of carboxylic acid groups (broad SMARTS) is 1. The summed E-state index contributed by atoms with van der Waals surface area (Å²) in [6, 6.07) is 7.22. The summed E-state index contributed by atoms with van der Waals surface area (Å²) in [5, 5.41) is 10.3. The first-order valence-corrected chi connectivity index (χ1v) is 10.6. The summed E-state index contributed by atoms with van der Waals surface area (Å²) in [6.07, 6.45) is 4.33. The van der Waals surface area contributed by atoms with Gasteiger partial charge in [0.25, 0.3) is 0 Å². The number of Topliss-reactive ketones (excluding diaryl/α,β-unsaturated/α-hetero) is 1. The number of hydrogen-bond acceptors (Lipinski definition) is 5. The summed E-state index contributed by atoms with van der Waals surface area (Å²) in [4.78, 5) is 30.3. The van der Waals surface area contributed by atoms with E-state index in [1.807, 2.05) is 18.2 Å². The number of carbonyl (C=O) groups excluding carboxylic acids is 1. The molecule has 0 aliphatic heterocycles. The molecule has 1 N–H and O–H groups in total. The van der Waals surface area contributed by atoms with E-state index in [0.717, 1.165) is 17.8 Å². The van der Waals surface area contributed by atoms with Crippen LogP contribution in [0.2, 0.25) is 10.0 Å². The van der Waals surface area contributed by atoms with Gasteiger partial charge >= 0.3 is 5.97 Å². The van der Waals surface area contributed by atoms with Gasteiger partial charge in [0.2, 0.25) is 0 Å². The Hall–Kier alpha value is -2.31. The molecular formula is C22H22Cl2N2O4. The Morgan fingerprint density at radius 2 is 1.93 bits per heavy atom. The SMILES string of the molecule is COc1cc(N(Cc2c(Cl)cccc2Cl)CC2CC2)cnc1C(=O)C1CC1C(=O)O. The van der Waals surface area contributed by atoms with E-state index in [9.17, 15) is 9.59 Å². The first-order valence-electron chi connectivity index (χ1n) is 9.88. The number of anilines is 1. The van der Waals surface area contributed by atoms with Crippen LogP contribution < -0.4 is 9.64 Å². The van der Waals surface area contributed by atoms with E-state index in [0.29, 0.717) is 34.7 Å². The number of ether oxygens (including phenoxy) is 1. The molecule has 2 unspecified atom stereocenters. The van der Waals surface area contributed by atoms with E-state index in [1.54, 1.807) is 12.3 Å². The molecule has 4 rings (SSSR count). The van der Waals surface area contributed by atoms with Crippen LogP contribution in [-0.4, -0.2) is 35.5 Å². The summed E-state index contributed by atoms with van der Waals surface area (Å²) in [5.74, 6) is -1.44. The Labute approximate surface area is 184 Å². The standard InChI is InChI=1S/C22H22Cl2N2O4/c1-30-19-7-13(9-25-20(19)21(27)14-8-15(14)22(28)29)26(10-12-5-6-12)11-16-17(23)3-2-4-18(16)24/h2-4,7,9,12,14-15H,5-6,8,10-11H2,1H3,(H,28,29). The van der Waals surface area contributed by atoms with Crippen molar-refractivity contribution in [1.82, 2.24) is 4.98 Å². The van der Waals surface area contributed by atoms with Crippen LogP contribution in [0.1, 0.15) is 35.3 Å². The van der Waals surface area contributed by atoms with Crippen molar-refractivity contribution in [3.8, 4) is 5.75 Å². The Balaban J connectivity index is 1.61. The fraction of sp³-hybridized carbons (Fsp3) is 0.409. The summed E-state index contributed by atoms with van der Waals surface area (Å²) < 4.78 is 5.44. The molecule has 2 aliphatic rings. The normalized spacial score (nSPS) is 20.0. The highest BCUT2D eigenvalue weighted by atomic mass is 35.5. The van der Waals surface area contributed by atoms with Crippen molar-refractivity contribution in [1.29, 1.82) is 0 Å². The maximum absolute atomic E-state index is 12.7. The van der Waals surface area contributed by atoms with E-state index in [1.165, 1.54) is 20.0 Å². The third-order valence-corrected chi connectivity index (χ3v) is 6.40. The van der Waals surface area contributed by atoms with Gasteiger partial charge in [0.1, 0.15) is 11.4 Å². The van der Waals surface area contributed by atoms with Gasteiger partial charge in [0, 0.05) is 40.7 Å². The van der Waals surface area contributed by atoms with Gasteiger partial charge in [-0.1, -0.05) is 29.3 Å². The monoisotopic (exact) mass is 448 g/mol. The fourth-order valence-electron chi connectivity index (χ4n) is 3.63. The van der Waals surface area contributed by atoms with Gasteiger partial charge in [-0.05, 0) is 37.3 Å². The zero-order valence-electron chi connectivity index (χ0n) is 16.5. The van der Waals surface area contributed by atoms with Crippen LogP contribution in [0.3, 0.4) is 0 Å². The molecule has 0 amide bonds. The molecule has 158 valence electrons. The number of aromatic nitrogens is 1. The number of aliphatic carboxylic acids is 1. The van der Waals surface area contributed by atoms with E-state index >= 15 is 0 Å². The minimum atomic E-state index is -0.948. The summed E-state index contributed by atoms with van der Waals surface area (Å²) in [7, 11) is 1.48. The van der Waals surface area contributed by atoms with E-state index in [2.05, 4.69) is 9.88 Å². The number of carbonyl (C=O) groups is 2. The molecular weight excluding hydrogens is 427 g/mol. The Bertz CT molecular complexity index is 973. The van der Waals surface area contributed by atoms with Crippen LogP contribution in [0.15, 0.2) is 30.5 Å². The molecule has 6 nitrogen and oxygen atoms in total. The summed E-state index contributed by atoms with van der Waals surface area (Å²) in [6.45, 7) is 1.33. The predicted octanol–water partition coefficient (Wildman–Crippen LogP) is 4.72. The zero-order valence-corrected chi connectivity index (χ0v) is 18.0. The lowest BCUT2D eigenvalue weighted by molar-refractivity contribution is -0.138. The van der Waals surface area contributed by atoms with Gasteiger partial charge in [0.15, 0.2) is 5.78 Å². The second-order valence-corrected chi connectivity index (χ2v) is 8.73. The highest BCUT2D eigenvalue weighted by Crippen LogP contribution is 2.42. The highest BCUT2D eigenvalue weighted by Gasteiger charge is 2.49. The molecule has 0 bridgehead atoms. The lowest BCUT2D eigenvalue weighted by Gasteiger charge is -2.26. The van der Waals surface area contributed by atoms with Crippen LogP contribution >= 0.6 is 23.2 Å². The van der Waals surface area contributed by atoms with Gasteiger partial charge in [-0.15, -0.1) is 0 Å². The van der Waals surface area contributed by atoms with Crippen molar-refractivity contribution in [2.75, 3.05) is 18.6 Å². The number of benzene rings is 1. The molecule has 8 heteroatoms. The zero-order chi connectivity index (χ0) is 21.4. The molecule has 0 spiro atoms. The van der Waals surface area contributed by atoms with Gasteiger partial charge < -0.3 is 14.7 Å². The average Bonchev–Trinajstić information content (AvgIpc) is 3.63. The van der Waals surface area contributed by atoms with Crippen molar-refractivity contribution >= 4 is 40.6 Å². The van der Waals surface area contributed by atoms with E-state index < -0.39 is 17.8 Å². The minimum Gasteiger partial charge on any atom is -0.494 e. The Morgan fingerprint density at radius 1 is 1.23 bits per heavy atom. The van der Waals surface area contributed by atoms with Crippen LogP contribution in [0, 0.1) is 17.8 Å². The second-order valence-electron chi connectivity index (χ2n) is 7.92. The number of pyridine rings is 1. The van der Waals surface area contributed by atoms with Crippen molar-refractivity contribution in [3.63, 3.8) is 0 Å². The molecule has 2 fully saturated rings. The molecule has 0 saturated heterocycles. The minimum absolute atomic E-state index is 0.178. The number of methoxy groups -OCH3 is 1. The van der Waals surface area contributed by atoms with Gasteiger partial charge in [-0.25, -0.2) is 4.98 Å². The van der Waals surface area contributed by atoms with Crippen LogP contribution in [0.4, 0.5) is 5.69 Å². The summed E-state index contributed by atoms with van der Waals surface area (Å²) in [5.41, 5.74) is 1.82. The van der Waals surface area contributed by atoms with Gasteiger partial charge in [-0.3, -0.25) is 9.59 Å². The molecule has 2 aromatic rings. The van der Waals surface area contributed by atoms with Crippen LogP contribution in [0.5, 0.6) is 5.75 Å². The van der Waals surface area contributed by atoms with E-state index in [-0.39, 0.29) is 11.5 Å². The Kier molecular flexibility index (Phi) is 5.89. The molecule has 30 heavy (non-hydrogen) atoms. The van der Waals surface area contributed by atoms with Crippen molar-refractivity contribution in [2.45, 2.75) is 25.8 Å². The van der Waals surface area contributed by atoms with E-state index in [4.69, 9.17) is 33.0 Å². The summed E-state index contributed by atoms with van der Waals surface area (Å²) >= 11 is 12.8. The number of ketones is 1. The predicted molar refractivity (Wildman–Crippen MR) is 115 cm³/mol. The third kappa shape index (κ3) is 4.40. The Morgan fingerprint density at radius 3 is 2.50 bits per heavy atom. The number of hydrogen-bond donors (Lipinski definition) is 1. The molecule has 1 aromatic carbocycles. The number of rotatable bonds is 9. The largest absolute Gasteiger partial charge is 0.494 e. The highest BCUT2D eigenvalue weighted by molar-refractivity contribution is 6.36. The quantitative estimate of drug-likeness (QED) is 0.559. The number of halogens is 2. The van der Waals surface area contributed by atoms with Crippen LogP contribution in [0.25, 0.3) is 0 Å².